The third-order valence-electron chi connectivity index (χ3n) is 12.3. The van der Waals surface area contributed by atoms with Gasteiger partial charge in [-0.3, -0.25) is 0 Å². The number of benzene rings is 9. The first kappa shape index (κ1) is 35.2. The zero-order valence-electron chi connectivity index (χ0n) is 33.7. The molecule has 0 saturated heterocycles. The van der Waals surface area contributed by atoms with Gasteiger partial charge in [0.2, 0.25) is 0 Å². The Morgan fingerprint density at radius 3 is 1.60 bits per heavy atom. The van der Waals surface area contributed by atoms with Gasteiger partial charge in [-0.05, 0) is 64.7 Å². The maximum atomic E-state index is 6.89. The number of nitrogens with zero attached hydrogens (tertiary/aromatic N) is 4. The van der Waals surface area contributed by atoms with Crippen molar-refractivity contribution in [1.29, 1.82) is 0 Å². The molecule has 9 aromatic carbocycles. The van der Waals surface area contributed by atoms with Crippen molar-refractivity contribution < 1.29 is 8.83 Å². The lowest BCUT2D eigenvalue weighted by Gasteiger charge is -2.12. The van der Waals surface area contributed by atoms with Crippen molar-refractivity contribution in [3.8, 4) is 62.1 Å². The maximum absolute atomic E-state index is 6.89. The zero-order chi connectivity index (χ0) is 41.4. The van der Waals surface area contributed by atoms with Gasteiger partial charge in [-0.1, -0.05) is 164 Å². The van der Waals surface area contributed by atoms with Gasteiger partial charge in [-0.2, -0.15) is 0 Å². The molecular formula is C57H34N4O2. The second-order valence-corrected chi connectivity index (χ2v) is 15.9. The Hall–Kier alpha value is -8.61. The van der Waals surface area contributed by atoms with E-state index in [2.05, 4.69) is 174 Å². The molecule has 13 rings (SSSR count). The first-order chi connectivity index (χ1) is 31.2. The molecule has 6 heteroatoms. The maximum Gasteiger partial charge on any atom is 0.164 e. The second-order valence-electron chi connectivity index (χ2n) is 15.9. The highest BCUT2D eigenvalue weighted by Gasteiger charge is 2.23. The number of hydrogen-bond donors (Lipinski definition) is 0. The highest BCUT2D eigenvalue weighted by Crippen LogP contribution is 2.43. The predicted octanol–water partition coefficient (Wildman–Crippen LogP) is 15.1. The molecule has 63 heavy (non-hydrogen) atoms. The molecule has 0 fully saturated rings. The summed E-state index contributed by atoms with van der Waals surface area (Å²) >= 11 is 0. The van der Waals surface area contributed by atoms with Gasteiger partial charge in [-0.25, -0.2) is 15.0 Å². The largest absolute Gasteiger partial charge is 0.456 e. The van der Waals surface area contributed by atoms with Crippen LogP contribution in [0.3, 0.4) is 0 Å². The van der Waals surface area contributed by atoms with Crippen LogP contribution in [0, 0.1) is 0 Å². The third kappa shape index (κ3) is 5.62. The monoisotopic (exact) mass is 806 g/mol. The molecule has 4 heterocycles. The van der Waals surface area contributed by atoms with Crippen molar-refractivity contribution in [3.05, 3.63) is 206 Å². The molecule has 6 nitrogen and oxygen atoms in total. The fraction of sp³-hybridized carbons (Fsp3) is 0. The van der Waals surface area contributed by atoms with E-state index < -0.39 is 0 Å². The van der Waals surface area contributed by atoms with E-state index in [9.17, 15) is 0 Å². The molecule has 13 aromatic rings. The van der Waals surface area contributed by atoms with Gasteiger partial charge in [0.05, 0.1) is 16.7 Å². The molecule has 0 atom stereocenters. The van der Waals surface area contributed by atoms with Gasteiger partial charge in [-0.15, -0.1) is 0 Å². The van der Waals surface area contributed by atoms with E-state index >= 15 is 0 Å². The minimum absolute atomic E-state index is 0.539. The summed E-state index contributed by atoms with van der Waals surface area (Å²) in [7, 11) is 0. The van der Waals surface area contributed by atoms with Gasteiger partial charge in [0, 0.05) is 49.0 Å². The number of rotatable bonds is 6. The Balaban J connectivity index is 1.05. The van der Waals surface area contributed by atoms with Crippen LogP contribution in [0.15, 0.2) is 215 Å². The van der Waals surface area contributed by atoms with Gasteiger partial charge < -0.3 is 13.4 Å². The van der Waals surface area contributed by atoms with Crippen LogP contribution in [0.2, 0.25) is 0 Å². The topological polar surface area (TPSA) is 69.9 Å². The average molecular weight is 807 g/mol. The fourth-order valence-electron chi connectivity index (χ4n) is 9.40. The summed E-state index contributed by atoms with van der Waals surface area (Å²) in [5.41, 5.74) is 13.3. The van der Waals surface area contributed by atoms with E-state index in [0.29, 0.717) is 17.5 Å². The Labute approximate surface area is 361 Å². The smallest absolute Gasteiger partial charge is 0.164 e. The first-order valence-corrected chi connectivity index (χ1v) is 21.1. The van der Waals surface area contributed by atoms with E-state index in [4.69, 9.17) is 23.8 Å². The van der Waals surface area contributed by atoms with Crippen LogP contribution >= 0.6 is 0 Å². The van der Waals surface area contributed by atoms with Crippen LogP contribution in [0.25, 0.3) is 128 Å². The van der Waals surface area contributed by atoms with Crippen molar-refractivity contribution >= 4 is 65.7 Å². The lowest BCUT2D eigenvalue weighted by Crippen LogP contribution is -2.01. The summed E-state index contributed by atoms with van der Waals surface area (Å²) in [6.07, 6.45) is 0. The van der Waals surface area contributed by atoms with Gasteiger partial charge in [0.25, 0.3) is 0 Å². The average Bonchev–Trinajstić information content (AvgIpc) is 4.04. The highest BCUT2D eigenvalue weighted by molar-refractivity contribution is 6.16. The normalized spacial score (nSPS) is 11.8. The van der Waals surface area contributed by atoms with Crippen LogP contribution in [0.1, 0.15) is 0 Å². The molecule has 0 amide bonds. The van der Waals surface area contributed by atoms with Crippen LogP contribution in [-0.2, 0) is 0 Å². The molecule has 4 aromatic heterocycles. The molecule has 0 bridgehead atoms. The van der Waals surface area contributed by atoms with E-state index in [1.165, 1.54) is 10.8 Å². The number of para-hydroxylation sites is 4. The van der Waals surface area contributed by atoms with E-state index in [1.807, 2.05) is 36.4 Å². The Morgan fingerprint density at radius 2 is 0.857 bits per heavy atom. The minimum Gasteiger partial charge on any atom is -0.456 e. The predicted molar refractivity (Wildman–Crippen MR) is 256 cm³/mol. The van der Waals surface area contributed by atoms with Crippen molar-refractivity contribution in [2.24, 2.45) is 0 Å². The number of furan rings is 2. The summed E-state index contributed by atoms with van der Waals surface area (Å²) in [4.78, 5) is 15.9. The summed E-state index contributed by atoms with van der Waals surface area (Å²) < 4.78 is 15.8. The molecule has 294 valence electrons. The zero-order valence-corrected chi connectivity index (χ0v) is 33.7. The Bertz CT molecular complexity index is 3850. The van der Waals surface area contributed by atoms with Crippen LogP contribution in [0.5, 0.6) is 0 Å². The Kier molecular flexibility index (Phi) is 7.80. The number of hydrogen-bond acceptors (Lipinski definition) is 5. The molecule has 0 aliphatic carbocycles. The van der Waals surface area contributed by atoms with Crippen molar-refractivity contribution in [2.45, 2.75) is 0 Å². The molecule has 0 saturated carbocycles. The highest BCUT2D eigenvalue weighted by atomic mass is 16.3. The third-order valence-corrected chi connectivity index (χ3v) is 12.3. The molecule has 0 unspecified atom stereocenters. The van der Waals surface area contributed by atoms with Gasteiger partial charge in [0.15, 0.2) is 23.1 Å². The van der Waals surface area contributed by atoms with Crippen molar-refractivity contribution in [3.63, 3.8) is 0 Å². The summed E-state index contributed by atoms with van der Waals surface area (Å²) in [6.45, 7) is 0. The number of fused-ring (bicyclic) bond motifs is 9. The van der Waals surface area contributed by atoms with Crippen LogP contribution in [-0.4, -0.2) is 19.5 Å². The molecule has 0 N–H and O–H groups in total. The fourth-order valence-corrected chi connectivity index (χ4v) is 9.40. The van der Waals surface area contributed by atoms with E-state index in [0.717, 1.165) is 99.5 Å². The number of aromatic nitrogens is 4. The van der Waals surface area contributed by atoms with E-state index in [-0.39, 0.29) is 0 Å². The standard InChI is InChI=1S/C57H34N4O2/c1-3-15-35(16-4-1)36-29-31-38(32-30-36)55-58-56(39-33-45(37-17-5-2-6-18-37)52-42-21-9-12-27-49(42)62-51(52)34-39)60-57(59-55)44-23-14-28-50-53(44)43-22-13-26-48(54(43)63-50)61-46-24-10-7-19-40(46)41-20-8-11-25-47(41)61/h1-34H. The van der Waals surface area contributed by atoms with Gasteiger partial charge in [0.1, 0.15) is 16.7 Å². The molecule has 0 aliphatic heterocycles. The van der Waals surface area contributed by atoms with Crippen molar-refractivity contribution in [2.75, 3.05) is 0 Å². The summed E-state index contributed by atoms with van der Waals surface area (Å²) in [5, 5.41) is 6.42. The SMILES string of the molecule is c1ccc(-c2ccc(-c3nc(-c4cc(-c5ccccc5)c5c(c4)oc4ccccc45)nc(-c4cccc5oc6c(-n7c8ccccc8c8ccccc87)cccc6c45)n3)cc2)cc1. The first-order valence-electron chi connectivity index (χ1n) is 21.1. The van der Waals surface area contributed by atoms with Crippen molar-refractivity contribution in [1.82, 2.24) is 19.5 Å². The summed E-state index contributed by atoms with van der Waals surface area (Å²) in [6, 6.07) is 71.3. The molecule has 0 radical (unpaired) electrons. The molecule has 0 spiro atoms. The minimum atomic E-state index is 0.539. The van der Waals surface area contributed by atoms with Crippen LogP contribution in [0.4, 0.5) is 0 Å². The quantitative estimate of drug-likeness (QED) is 0.167. The van der Waals surface area contributed by atoms with Gasteiger partial charge >= 0.3 is 0 Å². The molecule has 0 aliphatic rings. The lowest BCUT2D eigenvalue weighted by atomic mass is 9.96. The van der Waals surface area contributed by atoms with E-state index in [1.54, 1.807) is 0 Å². The van der Waals surface area contributed by atoms with Crippen LogP contribution < -0.4 is 0 Å². The Morgan fingerprint density at radius 1 is 0.317 bits per heavy atom. The molecular weight excluding hydrogens is 773 g/mol. The second kappa shape index (κ2) is 14.0. The summed E-state index contributed by atoms with van der Waals surface area (Å²) in [5.74, 6) is 1.65. The lowest BCUT2D eigenvalue weighted by molar-refractivity contribution is 0.666.